The van der Waals surface area contributed by atoms with Crippen LogP contribution in [-0.2, 0) is 29.2 Å². The second-order valence-electron chi connectivity index (χ2n) is 14.9. The molecule has 0 aromatic rings. The highest BCUT2D eigenvalue weighted by Crippen LogP contribution is 2.65. The van der Waals surface area contributed by atoms with Gasteiger partial charge < -0.3 is 26.2 Å². The number of carbonyl (C=O) groups is 5. The van der Waals surface area contributed by atoms with Gasteiger partial charge >= 0.3 is 6.03 Å². The van der Waals surface area contributed by atoms with E-state index < -0.39 is 74.6 Å². The first kappa shape index (κ1) is 37.2. The first-order valence-corrected chi connectivity index (χ1v) is 16.7. The molecule has 0 aromatic carbocycles. The highest BCUT2D eigenvalue weighted by molar-refractivity contribution is 7.88. The molecule has 44 heavy (non-hydrogen) atoms. The first-order chi connectivity index (χ1) is 19.8. The number of amides is 5. The second kappa shape index (κ2) is 13.2. The van der Waals surface area contributed by atoms with E-state index >= 15 is 0 Å². The number of Topliss-reactive ketones (excluding diaryl/α,β-unsaturated/α-hetero) is 1. The van der Waals surface area contributed by atoms with E-state index in [4.69, 9.17) is 0 Å². The average Bonchev–Trinajstić information content (AvgIpc) is 3.20. The van der Waals surface area contributed by atoms with Crippen molar-refractivity contribution in [3.05, 3.63) is 12.7 Å². The van der Waals surface area contributed by atoms with Crippen molar-refractivity contribution in [1.29, 1.82) is 0 Å². The third-order valence-corrected chi connectivity index (χ3v) is 10.2. The fraction of sp³-hybridized carbons (Fsp3) is 0.767. The Balaban J connectivity index is 2.28. The summed E-state index contributed by atoms with van der Waals surface area (Å²) in [6.45, 7) is 20.4. The van der Waals surface area contributed by atoms with Gasteiger partial charge in [-0.2, -0.15) is 0 Å². The van der Waals surface area contributed by atoms with Crippen LogP contribution < -0.4 is 21.3 Å². The fourth-order valence-corrected chi connectivity index (χ4v) is 6.12. The van der Waals surface area contributed by atoms with E-state index in [2.05, 4.69) is 27.8 Å². The maximum atomic E-state index is 14.1. The highest BCUT2D eigenvalue weighted by Gasteiger charge is 2.69. The van der Waals surface area contributed by atoms with Crippen LogP contribution >= 0.6 is 0 Å². The molecule has 2 rings (SSSR count). The zero-order chi connectivity index (χ0) is 34.2. The van der Waals surface area contributed by atoms with Gasteiger partial charge in [0.15, 0.2) is 0 Å². The van der Waals surface area contributed by atoms with Crippen LogP contribution in [0.5, 0.6) is 0 Å². The van der Waals surface area contributed by atoms with Gasteiger partial charge in [0, 0.05) is 32.7 Å². The Labute approximate surface area is 262 Å². The second-order valence-corrected chi connectivity index (χ2v) is 17.0. The van der Waals surface area contributed by atoms with Crippen molar-refractivity contribution in [2.24, 2.45) is 28.1 Å². The zero-order valence-electron chi connectivity index (χ0n) is 28.0. The SMILES string of the molecule is C=CCNC(=O)C(=O)C(C)NC(=O)[C@@H]1[C@@H]2[C@H](CN1C(=O)[C@@H](NC(=O)N[C@H](CN(C)S(C)(=O)=O)C(C)(C)C)C(C)(C)C)C2(C)C. The Bertz CT molecular complexity index is 1270. The number of nitrogens with zero attached hydrogens (tertiary/aromatic N) is 2. The standard InChI is InChI=1S/C30H52N6O7S/c1-13-14-31-25(39)22(37)17(2)32-24(38)21-20-18(30(20,9)10)15-36(21)26(40)23(29(6,7)8)34-27(41)33-19(28(3,4)5)16-35(11)44(12,42)43/h13,17-21,23H,1,14-16H2,2-12H3,(H,31,39)(H,32,38)(H2,33,34,41)/t17?,18-,19+,20-,21-,23+/m0/s1. The molecule has 6 atom stereocenters. The molecule has 2 aliphatic rings. The van der Waals surface area contributed by atoms with Crippen LogP contribution in [0.2, 0.25) is 0 Å². The minimum absolute atomic E-state index is 0.0270. The van der Waals surface area contributed by atoms with E-state index in [1.807, 2.05) is 34.6 Å². The van der Waals surface area contributed by atoms with Crippen molar-refractivity contribution in [3.8, 4) is 0 Å². The lowest BCUT2D eigenvalue weighted by molar-refractivity contribution is -0.145. The Hall–Kier alpha value is -3.00. The number of likely N-dealkylation sites (N-methyl/N-ethyl adjacent to an activating group) is 1. The molecule has 4 N–H and O–H groups in total. The number of hydrogen-bond acceptors (Lipinski definition) is 7. The minimum Gasteiger partial charge on any atom is -0.346 e. The van der Waals surface area contributed by atoms with E-state index in [9.17, 15) is 32.4 Å². The smallest absolute Gasteiger partial charge is 0.315 e. The van der Waals surface area contributed by atoms with Crippen molar-refractivity contribution >= 4 is 39.6 Å². The van der Waals surface area contributed by atoms with Gasteiger partial charge in [-0.25, -0.2) is 17.5 Å². The normalized spacial score (nSPS) is 23.1. The molecule has 14 heteroatoms. The lowest BCUT2D eigenvalue weighted by Gasteiger charge is -2.39. The molecule has 1 aliphatic carbocycles. The van der Waals surface area contributed by atoms with Crippen LogP contribution in [0.3, 0.4) is 0 Å². The molecule has 2 fully saturated rings. The van der Waals surface area contributed by atoms with Gasteiger partial charge in [-0.05, 0) is 35.0 Å². The fourth-order valence-electron chi connectivity index (χ4n) is 5.70. The molecular weight excluding hydrogens is 588 g/mol. The number of likely N-dealkylation sites (tertiary alicyclic amines) is 1. The quantitative estimate of drug-likeness (QED) is 0.181. The molecule has 1 heterocycles. The third kappa shape index (κ3) is 8.58. The maximum absolute atomic E-state index is 14.1. The predicted octanol–water partition coefficient (Wildman–Crippen LogP) is 0.865. The van der Waals surface area contributed by atoms with Crippen molar-refractivity contribution in [3.63, 3.8) is 0 Å². The first-order valence-electron chi connectivity index (χ1n) is 14.9. The topological polar surface area (TPSA) is 174 Å². The summed E-state index contributed by atoms with van der Waals surface area (Å²) in [5.41, 5.74) is -1.48. The van der Waals surface area contributed by atoms with Crippen molar-refractivity contribution in [2.75, 3.05) is 32.9 Å². The molecule has 13 nitrogen and oxygen atoms in total. The number of hydrogen-bond donors (Lipinski definition) is 4. The monoisotopic (exact) mass is 640 g/mol. The molecule has 1 aliphatic heterocycles. The maximum Gasteiger partial charge on any atom is 0.315 e. The molecule has 0 aromatic heterocycles. The number of sulfonamides is 1. The Morgan fingerprint density at radius 3 is 2.07 bits per heavy atom. The van der Waals surface area contributed by atoms with Crippen LogP contribution in [0, 0.1) is 28.1 Å². The van der Waals surface area contributed by atoms with Crippen molar-refractivity contribution in [2.45, 2.75) is 86.5 Å². The van der Waals surface area contributed by atoms with E-state index in [0.717, 1.165) is 10.6 Å². The average molecular weight is 641 g/mol. The highest BCUT2D eigenvalue weighted by atomic mass is 32.2. The summed E-state index contributed by atoms with van der Waals surface area (Å²) in [7, 11) is -2.06. The van der Waals surface area contributed by atoms with Gasteiger partial charge in [0.25, 0.3) is 5.91 Å². The lowest BCUT2D eigenvalue weighted by Crippen LogP contribution is -2.62. The largest absolute Gasteiger partial charge is 0.346 e. The number of nitrogens with one attached hydrogen (secondary N) is 4. The van der Waals surface area contributed by atoms with Crippen molar-refractivity contribution < 1.29 is 32.4 Å². The summed E-state index contributed by atoms with van der Waals surface area (Å²) >= 11 is 0. The van der Waals surface area contributed by atoms with Crippen LogP contribution in [0.25, 0.3) is 0 Å². The Morgan fingerprint density at radius 1 is 1.02 bits per heavy atom. The lowest BCUT2D eigenvalue weighted by atomic mass is 9.85. The van der Waals surface area contributed by atoms with Gasteiger partial charge in [0.1, 0.15) is 12.1 Å². The van der Waals surface area contributed by atoms with Gasteiger partial charge in [0.05, 0.1) is 12.3 Å². The summed E-state index contributed by atoms with van der Waals surface area (Å²) in [5, 5.41) is 10.7. The van der Waals surface area contributed by atoms with Crippen molar-refractivity contribution in [1.82, 2.24) is 30.5 Å². The number of rotatable bonds is 12. The Kier molecular flexibility index (Phi) is 11.1. The summed E-state index contributed by atoms with van der Waals surface area (Å²) in [4.78, 5) is 67.2. The molecular formula is C30H52N6O7S. The van der Waals surface area contributed by atoms with E-state index in [1.54, 1.807) is 20.8 Å². The van der Waals surface area contributed by atoms with Gasteiger partial charge in [-0.15, -0.1) is 6.58 Å². The third-order valence-electron chi connectivity index (χ3n) is 8.89. The van der Waals surface area contributed by atoms with E-state index in [-0.39, 0.29) is 30.3 Å². The van der Waals surface area contributed by atoms with Gasteiger partial charge in [-0.1, -0.05) is 61.5 Å². The van der Waals surface area contributed by atoms with E-state index in [0.29, 0.717) is 6.54 Å². The van der Waals surface area contributed by atoms with Crippen LogP contribution in [0.15, 0.2) is 12.7 Å². The molecule has 250 valence electrons. The van der Waals surface area contributed by atoms with Crippen LogP contribution in [0.1, 0.15) is 62.3 Å². The zero-order valence-corrected chi connectivity index (χ0v) is 28.8. The number of piperidine rings is 1. The van der Waals surface area contributed by atoms with Gasteiger partial charge in [-0.3, -0.25) is 19.2 Å². The van der Waals surface area contributed by atoms with Crippen LogP contribution in [-0.4, -0.2) is 104 Å². The van der Waals surface area contributed by atoms with Crippen LogP contribution in [0.4, 0.5) is 4.79 Å². The number of ketones is 1. The molecule has 1 saturated heterocycles. The molecule has 1 saturated carbocycles. The van der Waals surface area contributed by atoms with E-state index in [1.165, 1.54) is 24.9 Å². The summed E-state index contributed by atoms with van der Waals surface area (Å²) in [6, 6.07) is -4.27. The van der Waals surface area contributed by atoms with Gasteiger partial charge in [0.2, 0.25) is 27.6 Å². The predicted molar refractivity (Wildman–Crippen MR) is 168 cm³/mol. The molecule has 5 amide bonds. The Morgan fingerprint density at radius 2 is 1.59 bits per heavy atom. The summed E-state index contributed by atoms with van der Waals surface area (Å²) < 4.78 is 25.2. The molecule has 1 unspecified atom stereocenters. The number of fused-ring (bicyclic) bond motifs is 1. The number of urea groups is 1. The molecule has 0 radical (unpaired) electrons. The molecule has 0 bridgehead atoms. The summed E-state index contributed by atoms with van der Waals surface area (Å²) in [5.74, 6) is -2.75. The summed E-state index contributed by atoms with van der Waals surface area (Å²) in [6.07, 6.45) is 2.52. The minimum atomic E-state index is -3.50. The molecule has 0 spiro atoms. The number of carbonyl (C=O) groups excluding carboxylic acids is 5.